The predicted molar refractivity (Wildman–Crippen MR) is 135 cm³/mol. The average Bonchev–Trinajstić information content (AvgIpc) is 3.17. The van der Waals surface area contributed by atoms with Crippen LogP contribution in [0, 0.1) is 0 Å². The van der Waals surface area contributed by atoms with Crippen LogP contribution in [0.5, 0.6) is 0 Å². The third-order valence-electron chi connectivity index (χ3n) is 4.59. The molecule has 2 aromatic heterocycles. The fourth-order valence-corrected chi connectivity index (χ4v) is 5.79. The van der Waals surface area contributed by atoms with Gasteiger partial charge < -0.3 is 20.6 Å². The Balaban J connectivity index is 0.00000272. The number of aromatic nitrogens is 4. The Kier molecular flexibility index (Phi) is 7.39. The van der Waals surface area contributed by atoms with Crippen LogP contribution >= 0.6 is 57.2 Å². The van der Waals surface area contributed by atoms with Crippen LogP contribution in [-0.4, -0.2) is 19.1 Å². The molecule has 0 fully saturated rings. The number of hydrogen-bond donors (Lipinski definition) is 2. The molecule has 2 aromatic carbocycles. The molecule has 4 N–H and O–H groups in total. The standard InChI is InChI=1S/C20H18Cl2N6S2.ClH/c1-27-17(15(25-19(27)23)11-3-7-13(21)8-4-11)29-30-18-16(26-20(24)28(18)2)12-5-9-14(22)10-6-12;/h3-10H,1-2H3,(H2,23,25)(H2,24,26);1H. The zero-order chi connectivity index (χ0) is 21.4. The van der Waals surface area contributed by atoms with Crippen molar-refractivity contribution in [2.45, 2.75) is 10.1 Å². The molecule has 11 heteroatoms. The van der Waals surface area contributed by atoms with E-state index in [1.165, 1.54) is 0 Å². The highest BCUT2D eigenvalue weighted by Gasteiger charge is 2.20. The number of anilines is 2. The highest BCUT2D eigenvalue weighted by atomic mass is 35.5. The highest BCUT2D eigenvalue weighted by molar-refractivity contribution is 8.76. The maximum Gasteiger partial charge on any atom is 0.201 e. The Morgan fingerprint density at radius 2 is 1.00 bits per heavy atom. The molecule has 0 aliphatic heterocycles. The number of halogens is 3. The van der Waals surface area contributed by atoms with Gasteiger partial charge >= 0.3 is 0 Å². The molecular weight excluding hydrogens is 495 g/mol. The number of nitrogens with two attached hydrogens (primary N) is 2. The minimum absolute atomic E-state index is 0. The first kappa shape index (κ1) is 23.7. The summed E-state index contributed by atoms with van der Waals surface area (Å²) in [5.41, 5.74) is 15.7. The first-order valence-electron chi connectivity index (χ1n) is 8.86. The van der Waals surface area contributed by atoms with Gasteiger partial charge in [0.2, 0.25) is 11.9 Å². The van der Waals surface area contributed by atoms with Crippen LogP contribution in [0.25, 0.3) is 22.5 Å². The first-order valence-corrected chi connectivity index (χ1v) is 11.8. The molecule has 0 spiro atoms. The van der Waals surface area contributed by atoms with Crippen molar-refractivity contribution < 1.29 is 0 Å². The van der Waals surface area contributed by atoms with Crippen molar-refractivity contribution >= 4 is 69.1 Å². The molecule has 0 radical (unpaired) electrons. The Morgan fingerprint density at radius 1 is 0.677 bits per heavy atom. The second kappa shape index (κ2) is 9.67. The lowest BCUT2D eigenvalue weighted by Gasteiger charge is -2.08. The molecule has 0 bridgehead atoms. The molecular formula is C20H19Cl3N6S2. The van der Waals surface area contributed by atoms with Crippen molar-refractivity contribution in [1.29, 1.82) is 0 Å². The summed E-state index contributed by atoms with van der Waals surface area (Å²) in [6.07, 6.45) is 0. The highest BCUT2D eigenvalue weighted by Crippen LogP contribution is 2.46. The Morgan fingerprint density at radius 3 is 1.32 bits per heavy atom. The monoisotopic (exact) mass is 512 g/mol. The number of benzene rings is 2. The number of nitrogens with zero attached hydrogens (tertiary/aromatic N) is 4. The Labute approximate surface area is 204 Å². The zero-order valence-corrected chi connectivity index (χ0v) is 20.5. The number of rotatable bonds is 5. The van der Waals surface area contributed by atoms with Gasteiger partial charge in [-0.25, -0.2) is 9.97 Å². The molecule has 0 saturated heterocycles. The molecule has 0 unspecified atom stereocenters. The zero-order valence-electron chi connectivity index (χ0n) is 16.5. The van der Waals surface area contributed by atoms with Crippen LogP contribution < -0.4 is 11.5 Å². The average molecular weight is 514 g/mol. The van der Waals surface area contributed by atoms with Gasteiger partial charge in [0.1, 0.15) is 21.4 Å². The lowest BCUT2D eigenvalue weighted by Crippen LogP contribution is -1.98. The van der Waals surface area contributed by atoms with E-state index in [4.69, 9.17) is 34.7 Å². The van der Waals surface area contributed by atoms with Crippen LogP contribution in [0.1, 0.15) is 0 Å². The second-order valence-electron chi connectivity index (χ2n) is 6.55. The summed E-state index contributed by atoms with van der Waals surface area (Å²) in [5, 5.41) is 3.18. The van der Waals surface area contributed by atoms with Gasteiger partial charge in [0.15, 0.2) is 0 Å². The molecule has 162 valence electrons. The van der Waals surface area contributed by atoms with Crippen molar-refractivity contribution in [2.24, 2.45) is 14.1 Å². The van der Waals surface area contributed by atoms with Crippen molar-refractivity contribution in [2.75, 3.05) is 11.5 Å². The van der Waals surface area contributed by atoms with Gasteiger partial charge in [-0.1, -0.05) is 47.5 Å². The fourth-order valence-electron chi connectivity index (χ4n) is 2.86. The van der Waals surface area contributed by atoms with Crippen molar-refractivity contribution in [3.63, 3.8) is 0 Å². The van der Waals surface area contributed by atoms with Crippen molar-refractivity contribution in [3.05, 3.63) is 58.6 Å². The van der Waals surface area contributed by atoms with E-state index in [0.717, 1.165) is 32.6 Å². The summed E-state index contributed by atoms with van der Waals surface area (Å²) in [5.74, 6) is 0.871. The minimum atomic E-state index is 0. The summed E-state index contributed by atoms with van der Waals surface area (Å²) in [6, 6.07) is 15.1. The largest absolute Gasteiger partial charge is 0.369 e. The molecule has 0 atom stereocenters. The summed E-state index contributed by atoms with van der Waals surface area (Å²) >= 11 is 12.1. The minimum Gasteiger partial charge on any atom is -0.369 e. The van der Waals surface area contributed by atoms with E-state index in [1.807, 2.05) is 71.8 Å². The third kappa shape index (κ3) is 4.78. The van der Waals surface area contributed by atoms with Crippen molar-refractivity contribution in [3.8, 4) is 22.5 Å². The van der Waals surface area contributed by atoms with Crippen LogP contribution in [-0.2, 0) is 14.1 Å². The van der Waals surface area contributed by atoms with E-state index in [9.17, 15) is 0 Å². The van der Waals surface area contributed by atoms with Crippen LogP contribution in [0.2, 0.25) is 10.0 Å². The molecule has 31 heavy (non-hydrogen) atoms. The van der Waals surface area contributed by atoms with Gasteiger partial charge in [-0.2, -0.15) is 0 Å². The molecule has 4 rings (SSSR count). The molecule has 4 aromatic rings. The molecule has 6 nitrogen and oxygen atoms in total. The molecule has 0 aliphatic carbocycles. The normalized spacial score (nSPS) is 10.8. The third-order valence-corrected chi connectivity index (χ3v) is 7.62. The van der Waals surface area contributed by atoms with Crippen LogP contribution in [0.15, 0.2) is 58.6 Å². The van der Waals surface area contributed by atoms with Gasteiger partial charge in [-0.15, -0.1) is 12.4 Å². The number of hydrogen-bond acceptors (Lipinski definition) is 6. The topological polar surface area (TPSA) is 87.7 Å². The lowest BCUT2D eigenvalue weighted by atomic mass is 10.2. The van der Waals surface area contributed by atoms with E-state index in [-0.39, 0.29) is 12.4 Å². The summed E-state index contributed by atoms with van der Waals surface area (Å²) < 4.78 is 3.73. The van der Waals surface area contributed by atoms with Gasteiger partial charge in [0.05, 0.1) is 0 Å². The van der Waals surface area contributed by atoms with E-state index >= 15 is 0 Å². The SMILES string of the molecule is Cl.Cn1c(N)nc(-c2ccc(Cl)cc2)c1SSc1c(-c2ccc(Cl)cc2)nc(N)n1C. The van der Waals surface area contributed by atoms with Crippen molar-refractivity contribution in [1.82, 2.24) is 19.1 Å². The predicted octanol–water partition coefficient (Wildman–Crippen LogP) is 6.18. The quantitative estimate of drug-likeness (QED) is 0.310. The lowest BCUT2D eigenvalue weighted by molar-refractivity contribution is 0.839. The molecule has 0 amide bonds. The van der Waals surface area contributed by atoms with E-state index in [2.05, 4.69) is 9.97 Å². The Hall–Kier alpha value is -1.97. The molecule has 0 aliphatic rings. The molecule has 2 heterocycles. The molecule has 0 saturated carbocycles. The maximum absolute atomic E-state index is 6.10. The number of imidazole rings is 2. The smallest absolute Gasteiger partial charge is 0.201 e. The van der Waals surface area contributed by atoms with Gasteiger partial charge in [0.25, 0.3) is 0 Å². The second-order valence-corrected chi connectivity index (χ2v) is 9.53. The van der Waals surface area contributed by atoms with Gasteiger partial charge in [-0.05, 0) is 45.9 Å². The summed E-state index contributed by atoms with van der Waals surface area (Å²) in [6.45, 7) is 0. The van der Waals surface area contributed by atoms with E-state index in [0.29, 0.717) is 21.9 Å². The fraction of sp³-hybridized carbons (Fsp3) is 0.100. The van der Waals surface area contributed by atoms with Gasteiger partial charge in [-0.3, -0.25) is 0 Å². The maximum atomic E-state index is 6.10. The summed E-state index contributed by atoms with van der Waals surface area (Å²) in [7, 11) is 6.88. The van der Waals surface area contributed by atoms with E-state index < -0.39 is 0 Å². The van der Waals surface area contributed by atoms with Gasteiger partial charge in [0, 0.05) is 35.3 Å². The summed E-state index contributed by atoms with van der Waals surface area (Å²) in [4.78, 5) is 9.08. The van der Waals surface area contributed by atoms with Crippen LogP contribution in [0.3, 0.4) is 0 Å². The first-order chi connectivity index (χ1) is 14.3. The Bertz CT molecular complexity index is 1110. The van der Waals surface area contributed by atoms with Crippen LogP contribution in [0.4, 0.5) is 11.9 Å². The number of nitrogen functional groups attached to an aromatic ring is 2. The van der Waals surface area contributed by atoms with E-state index in [1.54, 1.807) is 21.6 Å².